The molecule has 4 heteroatoms. The van der Waals surface area contributed by atoms with Crippen LogP contribution in [0.4, 0.5) is 0 Å². The van der Waals surface area contributed by atoms with E-state index in [2.05, 4.69) is 109 Å². The predicted octanol–water partition coefficient (Wildman–Crippen LogP) is 10.6. The third-order valence-corrected chi connectivity index (χ3v) is 8.80. The van der Waals surface area contributed by atoms with Gasteiger partial charge < -0.3 is 4.42 Å². The summed E-state index contributed by atoms with van der Waals surface area (Å²) in [7, 11) is 0. The number of para-hydroxylation sites is 1. The van der Waals surface area contributed by atoms with E-state index in [-0.39, 0.29) is 0 Å². The van der Waals surface area contributed by atoms with Crippen LogP contribution in [0, 0.1) is 0 Å². The van der Waals surface area contributed by atoms with Gasteiger partial charge in [0.2, 0.25) is 0 Å². The number of aromatic nitrogens is 3. The normalized spacial score (nSPS) is 12.6. The van der Waals surface area contributed by atoms with E-state index in [1.807, 2.05) is 30.3 Å². The third-order valence-electron chi connectivity index (χ3n) is 8.80. The Bertz CT molecular complexity index is 2430. The van der Waals surface area contributed by atoms with Gasteiger partial charge in [-0.15, -0.1) is 0 Å². The van der Waals surface area contributed by atoms with Gasteiger partial charge in [0.1, 0.15) is 11.2 Å². The fourth-order valence-electron chi connectivity index (χ4n) is 6.69. The van der Waals surface area contributed by atoms with Crippen LogP contribution in [-0.2, 0) is 6.42 Å². The van der Waals surface area contributed by atoms with Crippen LogP contribution in [0.25, 0.3) is 84.1 Å². The Morgan fingerprint density at radius 2 is 1.22 bits per heavy atom. The zero-order chi connectivity index (χ0) is 29.7. The number of rotatable bonds is 4. The molecule has 0 N–H and O–H groups in total. The van der Waals surface area contributed by atoms with Crippen molar-refractivity contribution in [3.63, 3.8) is 0 Å². The summed E-state index contributed by atoms with van der Waals surface area (Å²) >= 11 is 0. The lowest BCUT2D eigenvalue weighted by atomic mass is 9.88. The number of nitrogens with zero attached hydrogens (tertiary/aromatic N) is 3. The van der Waals surface area contributed by atoms with Crippen molar-refractivity contribution in [1.29, 1.82) is 0 Å². The van der Waals surface area contributed by atoms with Crippen molar-refractivity contribution in [3.8, 4) is 45.3 Å². The quantitative estimate of drug-likeness (QED) is 0.209. The van der Waals surface area contributed by atoms with Crippen molar-refractivity contribution in [2.45, 2.75) is 12.8 Å². The fraction of sp³-hybridized carbons (Fsp3) is 0.0488. The van der Waals surface area contributed by atoms with E-state index in [1.165, 1.54) is 16.7 Å². The number of fused-ring (bicyclic) bond motifs is 5. The molecule has 212 valence electrons. The molecule has 6 aromatic carbocycles. The number of furan rings is 1. The first-order valence-electron chi connectivity index (χ1n) is 15.3. The average molecular weight is 578 g/mol. The molecule has 8 aromatic rings. The molecule has 0 saturated carbocycles. The van der Waals surface area contributed by atoms with Crippen LogP contribution in [0.3, 0.4) is 0 Å². The molecule has 0 bridgehead atoms. The Morgan fingerprint density at radius 1 is 0.511 bits per heavy atom. The van der Waals surface area contributed by atoms with Crippen molar-refractivity contribution in [3.05, 3.63) is 145 Å². The highest BCUT2D eigenvalue weighted by atomic mass is 16.3. The molecule has 0 saturated heterocycles. The third kappa shape index (κ3) is 4.34. The number of hydrogen-bond acceptors (Lipinski definition) is 4. The van der Waals surface area contributed by atoms with E-state index < -0.39 is 0 Å². The SMILES string of the molecule is C1=Cc2cccc(-c3cc(-c4nc(-c5ccccc5)nc(-c5cccc6ccccc56)n4)c4c(c3)oc3ccccc34)c2CC1. The zero-order valence-electron chi connectivity index (χ0n) is 24.4. The van der Waals surface area contributed by atoms with Gasteiger partial charge in [-0.05, 0) is 64.1 Å². The predicted molar refractivity (Wildman–Crippen MR) is 184 cm³/mol. The molecule has 2 aromatic heterocycles. The average Bonchev–Trinajstić information content (AvgIpc) is 3.49. The number of allylic oxidation sites excluding steroid dienone is 1. The second kappa shape index (κ2) is 10.4. The number of benzene rings is 6. The minimum Gasteiger partial charge on any atom is -0.456 e. The summed E-state index contributed by atoms with van der Waals surface area (Å²) in [6.45, 7) is 0. The first-order chi connectivity index (χ1) is 22.3. The molecular formula is C41H27N3O. The minimum atomic E-state index is 0.620. The minimum absolute atomic E-state index is 0.620. The lowest BCUT2D eigenvalue weighted by molar-refractivity contribution is 0.669. The van der Waals surface area contributed by atoms with E-state index in [4.69, 9.17) is 19.4 Å². The molecule has 45 heavy (non-hydrogen) atoms. The zero-order valence-corrected chi connectivity index (χ0v) is 24.4. The van der Waals surface area contributed by atoms with Crippen LogP contribution in [0.2, 0.25) is 0 Å². The molecule has 0 atom stereocenters. The second-order valence-electron chi connectivity index (χ2n) is 11.5. The van der Waals surface area contributed by atoms with Crippen molar-refractivity contribution < 1.29 is 4.42 Å². The highest BCUT2D eigenvalue weighted by Gasteiger charge is 2.21. The van der Waals surface area contributed by atoms with E-state index >= 15 is 0 Å². The summed E-state index contributed by atoms with van der Waals surface area (Å²) in [4.78, 5) is 15.5. The summed E-state index contributed by atoms with van der Waals surface area (Å²) in [6.07, 6.45) is 6.53. The lowest BCUT2D eigenvalue weighted by Crippen LogP contribution is -2.01. The van der Waals surface area contributed by atoms with Crippen LogP contribution in [0.5, 0.6) is 0 Å². The molecule has 0 radical (unpaired) electrons. The van der Waals surface area contributed by atoms with Crippen molar-refractivity contribution >= 4 is 38.8 Å². The maximum absolute atomic E-state index is 6.52. The van der Waals surface area contributed by atoms with Gasteiger partial charge in [-0.2, -0.15) is 0 Å². The molecule has 0 unspecified atom stereocenters. The van der Waals surface area contributed by atoms with Crippen LogP contribution >= 0.6 is 0 Å². The molecule has 0 amide bonds. The van der Waals surface area contributed by atoms with E-state index in [0.717, 1.165) is 67.8 Å². The standard InChI is InChI=1S/C41H27N3O/c1-2-14-28(15-3-1)39-42-40(33-22-11-17-27-13-5-7-19-31(27)33)44-41(43-39)35-24-29(32-21-10-16-26-12-4-6-18-30(26)32)25-37-38(35)34-20-8-9-23-36(34)45-37/h1-5,7-17,19-25H,6,18H2. The van der Waals surface area contributed by atoms with E-state index in [1.54, 1.807) is 0 Å². The van der Waals surface area contributed by atoms with Crippen LogP contribution in [-0.4, -0.2) is 15.0 Å². The molecule has 2 heterocycles. The van der Waals surface area contributed by atoms with Crippen molar-refractivity contribution in [1.82, 2.24) is 15.0 Å². The highest BCUT2D eigenvalue weighted by Crippen LogP contribution is 2.41. The molecule has 0 fully saturated rings. The van der Waals surface area contributed by atoms with Gasteiger partial charge >= 0.3 is 0 Å². The number of hydrogen-bond donors (Lipinski definition) is 0. The molecule has 1 aliphatic carbocycles. The first-order valence-corrected chi connectivity index (χ1v) is 15.3. The van der Waals surface area contributed by atoms with Crippen LogP contribution in [0.1, 0.15) is 17.5 Å². The van der Waals surface area contributed by atoms with Gasteiger partial charge in [0, 0.05) is 27.5 Å². The Hall–Kier alpha value is -5.87. The fourth-order valence-corrected chi connectivity index (χ4v) is 6.69. The van der Waals surface area contributed by atoms with Gasteiger partial charge in [-0.3, -0.25) is 0 Å². The largest absolute Gasteiger partial charge is 0.456 e. The van der Waals surface area contributed by atoms with Gasteiger partial charge in [0.25, 0.3) is 0 Å². The molecule has 0 spiro atoms. The molecule has 0 aliphatic heterocycles. The topological polar surface area (TPSA) is 51.8 Å². The molecule has 1 aliphatic rings. The Morgan fingerprint density at radius 3 is 2.13 bits per heavy atom. The van der Waals surface area contributed by atoms with Crippen LogP contribution in [0.15, 0.2) is 138 Å². The van der Waals surface area contributed by atoms with Crippen molar-refractivity contribution in [2.24, 2.45) is 0 Å². The highest BCUT2D eigenvalue weighted by molar-refractivity contribution is 6.13. The van der Waals surface area contributed by atoms with Crippen LogP contribution < -0.4 is 0 Å². The molecule has 9 rings (SSSR count). The second-order valence-corrected chi connectivity index (χ2v) is 11.5. The van der Waals surface area contributed by atoms with Gasteiger partial charge in [0.15, 0.2) is 17.5 Å². The summed E-state index contributed by atoms with van der Waals surface area (Å²) in [5.74, 6) is 1.90. The Labute approximate surface area is 260 Å². The molecular weight excluding hydrogens is 550 g/mol. The Kier molecular flexibility index (Phi) is 5.91. The first kappa shape index (κ1) is 25.6. The summed E-state index contributed by atoms with van der Waals surface area (Å²) < 4.78 is 6.52. The Balaban J connectivity index is 1.37. The summed E-state index contributed by atoms with van der Waals surface area (Å²) in [5.41, 5.74) is 9.45. The summed E-state index contributed by atoms with van der Waals surface area (Å²) in [6, 6.07) is 44.0. The van der Waals surface area contributed by atoms with E-state index in [9.17, 15) is 0 Å². The monoisotopic (exact) mass is 577 g/mol. The lowest BCUT2D eigenvalue weighted by Gasteiger charge is -2.17. The van der Waals surface area contributed by atoms with Crippen molar-refractivity contribution in [2.75, 3.05) is 0 Å². The smallest absolute Gasteiger partial charge is 0.164 e. The molecule has 4 nitrogen and oxygen atoms in total. The van der Waals surface area contributed by atoms with E-state index in [0.29, 0.717) is 17.5 Å². The van der Waals surface area contributed by atoms with Gasteiger partial charge in [-0.1, -0.05) is 121 Å². The van der Waals surface area contributed by atoms with Gasteiger partial charge in [-0.25, -0.2) is 15.0 Å². The van der Waals surface area contributed by atoms with Gasteiger partial charge in [0.05, 0.1) is 0 Å². The maximum atomic E-state index is 6.52. The maximum Gasteiger partial charge on any atom is 0.164 e. The summed E-state index contributed by atoms with van der Waals surface area (Å²) in [5, 5.41) is 4.30.